The standard InChI is InChI=1S/C25H28N4O4/c1-25(2)32-22-18(14-30)10-20(23(22)33-25)28-24-19(11-26-15-27-24)21(31)17-8-9-29(13-17)12-16-6-4-3-5-7-16/h3-9,11,13,15,18,20,22-23,30H,10,12,14H2,1-2H3,(H,26,27,28)/t18-,20-,22-,23+/m1/s1. The Labute approximate surface area is 192 Å². The molecule has 8 nitrogen and oxygen atoms in total. The molecule has 1 saturated carbocycles. The molecule has 1 saturated heterocycles. The summed E-state index contributed by atoms with van der Waals surface area (Å²) in [7, 11) is 0. The number of carbonyl (C=O) groups is 1. The van der Waals surface area contributed by atoms with Gasteiger partial charge in [0, 0.05) is 43.2 Å². The molecule has 4 atom stereocenters. The Morgan fingerprint density at radius 1 is 1.21 bits per heavy atom. The first-order valence-electron chi connectivity index (χ1n) is 11.2. The Kier molecular flexibility index (Phi) is 5.74. The maximum absolute atomic E-state index is 13.3. The zero-order valence-corrected chi connectivity index (χ0v) is 18.7. The van der Waals surface area contributed by atoms with E-state index in [0.29, 0.717) is 29.9 Å². The van der Waals surface area contributed by atoms with Crippen molar-refractivity contribution in [1.29, 1.82) is 0 Å². The number of rotatable bonds is 7. The summed E-state index contributed by atoms with van der Waals surface area (Å²) in [6, 6.07) is 11.8. The van der Waals surface area contributed by atoms with Crippen molar-refractivity contribution in [3.8, 4) is 0 Å². The van der Waals surface area contributed by atoms with Gasteiger partial charge in [-0.05, 0) is 31.9 Å². The SMILES string of the molecule is CC1(C)O[C@@H]2[C@@H](CO)C[C@@H](Nc3ncncc3C(=O)c3ccn(Cc4ccccc4)c3)[C@@H]2O1. The molecule has 2 aromatic heterocycles. The van der Waals surface area contributed by atoms with Crippen molar-refractivity contribution in [2.75, 3.05) is 11.9 Å². The lowest BCUT2D eigenvalue weighted by Crippen LogP contribution is -2.35. The highest BCUT2D eigenvalue weighted by Gasteiger charge is 2.53. The molecule has 0 radical (unpaired) electrons. The van der Waals surface area contributed by atoms with Gasteiger partial charge < -0.3 is 24.5 Å². The molecule has 1 aliphatic heterocycles. The molecule has 172 valence electrons. The molecule has 5 rings (SSSR count). The summed E-state index contributed by atoms with van der Waals surface area (Å²) in [6.45, 7) is 4.45. The second-order valence-corrected chi connectivity index (χ2v) is 9.17. The molecule has 8 heteroatoms. The normalized spacial score (nSPS) is 25.7. The quantitative estimate of drug-likeness (QED) is 0.536. The predicted octanol–water partition coefficient (Wildman–Crippen LogP) is 2.87. The number of aromatic nitrogens is 3. The second-order valence-electron chi connectivity index (χ2n) is 9.17. The molecular formula is C25H28N4O4. The van der Waals surface area contributed by atoms with E-state index in [-0.39, 0.29) is 36.6 Å². The maximum Gasteiger partial charge on any atom is 0.199 e. The number of anilines is 1. The average Bonchev–Trinajstić information content (AvgIpc) is 3.48. The van der Waals surface area contributed by atoms with Crippen LogP contribution in [0.4, 0.5) is 5.82 Å². The Bertz CT molecular complexity index is 1130. The molecule has 2 aliphatic rings. The van der Waals surface area contributed by atoms with Gasteiger partial charge in [0.15, 0.2) is 11.6 Å². The van der Waals surface area contributed by atoms with Crippen LogP contribution in [0, 0.1) is 5.92 Å². The average molecular weight is 449 g/mol. The summed E-state index contributed by atoms with van der Waals surface area (Å²) >= 11 is 0. The first-order valence-corrected chi connectivity index (χ1v) is 11.2. The second kappa shape index (κ2) is 8.70. The molecular weight excluding hydrogens is 420 g/mol. The molecule has 1 aromatic carbocycles. The van der Waals surface area contributed by atoms with Gasteiger partial charge in [0.25, 0.3) is 0 Å². The number of ether oxygens (including phenoxy) is 2. The maximum atomic E-state index is 13.3. The van der Waals surface area contributed by atoms with Crippen LogP contribution < -0.4 is 5.32 Å². The number of hydrogen-bond acceptors (Lipinski definition) is 7. The smallest absolute Gasteiger partial charge is 0.199 e. The monoisotopic (exact) mass is 448 g/mol. The molecule has 0 amide bonds. The minimum atomic E-state index is -0.713. The minimum Gasteiger partial charge on any atom is -0.396 e. The van der Waals surface area contributed by atoms with Crippen LogP contribution in [0.25, 0.3) is 0 Å². The largest absolute Gasteiger partial charge is 0.396 e. The van der Waals surface area contributed by atoms with Gasteiger partial charge >= 0.3 is 0 Å². The van der Waals surface area contributed by atoms with Gasteiger partial charge in [-0.1, -0.05) is 30.3 Å². The predicted molar refractivity (Wildman–Crippen MR) is 122 cm³/mol. The lowest BCUT2D eigenvalue weighted by molar-refractivity contribution is -0.158. The number of benzene rings is 1. The highest BCUT2D eigenvalue weighted by molar-refractivity contribution is 6.11. The minimum absolute atomic E-state index is 0.0171. The molecule has 1 aliphatic carbocycles. The van der Waals surface area contributed by atoms with Crippen molar-refractivity contribution in [3.05, 3.63) is 78.0 Å². The number of hydrogen-bond donors (Lipinski definition) is 2. The first kappa shape index (κ1) is 21.8. The van der Waals surface area contributed by atoms with Crippen LogP contribution >= 0.6 is 0 Å². The number of aliphatic hydroxyl groups excluding tert-OH is 1. The fraction of sp³-hybridized carbons (Fsp3) is 0.400. The van der Waals surface area contributed by atoms with Crippen molar-refractivity contribution in [1.82, 2.24) is 14.5 Å². The number of fused-ring (bicyclic) bond motifs is 1. The Balaban J connectivity index is 1.35. The number of carbonyl (C=O) groups excluding carboxylic acids is 1. The van der Waals surface area contributed by atoms with E-state index in [1.54, 1.807) is 0 Å². The van der Waals surface area contributed by atoms with Gasteiger partial charge in [0.05, 0.1) is 17.7 Å². The topological polar surface area (TPSA) is 98.5 Å². The van der Waals surface area contributed by atoms with E-state index in [9.17, 15) is 9.90 Å². The number of aliphatic hydroxyl groups is 1. The van der Waals surface area contributed by atoms with Crippen LogP contribution in [0.15, 0.2) is 61.3 Å². The summed E-state index contributed by atoms with van der Waals surface area (Å²) in [6.07, 6.45) is 6.93. The molecule has 3 heterocycles. The van der Waals surface area contributed by atoms with Crippen molar-refractivity contribution in [3.63, 3.8) is 0 Å². The Morgan fingerprint density at radius 3 is 2.79 bits per heavy atom. The number of nitrogens with zero attached hydrogens (tertiary/aromatic N) is 3. The van der Waals surface area contributed by atoms with E-state index in [1.807, 2.05) is 55.1 Å². The third-order valence-electron chi connectivity index (χ3n) is 6.32. The zero-order valence-electron chi connectivity index (χ0n) is 18.7. The van der Waals surface area contributed by atoms with Crippen molar-refractivity contribution in [2.24, 2.45) is 5.92 Å². The molecule has 0 spiro atoms. The first-order chi connectivity index (χ1) is 15.9. The molecule has 2 fully saturated rings. The highest BCUT2D eigenvalue weighted by Crippen LogP contribution is 2.42. The van der Waals surface area contributed by atoms with E-state index in [0.717, 1.165) is 5.56 Å². The molecule has 0 bridgehead atoms. The molecule has 0 unspecified atom stereocenters. The summed E-state index contributed by atoms with van der Waals surface area (Å²) in [5, 5.41) is 13.2. The summed E-state index contributed by atoms with van der Waals surface area (Å²) in [5.41, 5.74) is 2.13. The lowest BCUT2D eigenvalue weighted by atomic mass is 10.1. The van der Waals surface area contributed by atoms with Crippen LogP contribution in [0.3, 0.4) is 0 Å². The van der Waals surface area contributed by atoms with Gasteiger partial charge in [-0.3, -0.25) is 4.79 Å². The molecule has 2 N–H and O–H groups in total. The lowest BCUT2D eigenvalue weighted by Gasteiger charge is -2.24. The van der Waals surface area contributed by atoms with Gasteiger partial charge in [-0.15, -0.1) is 0 Å². The molecule has 3 aromatic rings. The van der Waals surface area contributed by atoms with E-state index in [2.05, 4.69) is 27.4 Å². The Morgan fingerprint density at radius 2 is 2.00 bits per heavy atom. The van der Waals surface area contributed by atoms with Gasteiger partial charge in [-0.25, -0.2) is 9.97 Å². The molecule has 33 heavy (non-hydrogen) atoms. The van der Waals surface area contributed by atoms with Gasteiger partial charge in [0.1, 0.15) is 18.2 Å². The summed E-state index contributed by atoms with van der Waals surface area (Å²) < 4.78 is 14.1. The highest BCUT2D eigenvalue weighted by atomic mass is 16.8. The van der Waals surface area contributed by atoms with Gasteiger partial charge in [-0.2, -0.15) is 0 Å². The van der Waals surface area contributed by atoms with E-state index in [1.165, 1.54) is 12.5 Å². The van der Waals surface area contributed by atoms with E-state index >= 15 is 0 Å². The van der Waals surface area contributed by atoms with Crippen molar-refractivity contribution < 1.29 is 19.4 Å². The third kappa shape index (κ3) is 4.42. The van der Waals surface area contributed by atoms with Crippen molar-refractivity contribution in [2.45, 2.75) is 50.8 Å². The summed E-state index contributed by atoms with van der Waals surface area (Å²) in [4.78, 5) is 21.8. The third-order valence-corrected chi connectivity index (χ3v) is 6.32. The Hall–Kier alpha value is -3.07. The van der Waals surface area contributed by atoms with E-state index in [4.69, 9.17) is 9.47 Å². The summed E-state index contributed by atoms with van der Waals surface area (Å²) in [5.74, 6) is -0.444. The van der Waals surface area contributed by atoms with Crippen LogP contribution in [0.1, 0.15) is 41.8 Å². The fourth-order valence-electron chi connectivity index (χ4n) is 4.82. The fourth-order valence-corrected chi connectivity index (χ4v) is 4.82. The van der Waals surface area contributed by atoms with Crippen molar-refractivity contribution >= 4 is 11.6 Å². The van der Waals surface area contributed by atoms with Crippen LogP contribution in [-0.4, -0.2) is 56.1 Å². The van der Waals surface area contributed by atoms with Crippen LogP contribution in [0.2, 0.25) is 0 Å². The van der Waals surface area contributed by atoms with Crippen LogP contribution in [0.5, 0.6) is 0 Å². The number of nitrogens with one attached hydrogen (secondary N) is 1. The van der Waals surface area contributed by atoms with Gasteiger partial charge in [0.2, 0.25) is 0 Å². The van der Waals surface area contributed by atoms with Crippen LogP contribution in [-0.2, 0) is 16.0 Å². The number of ketones is 1. The van der Waals surface area contributed by atoms with E-state index < -0.39 is 5.79 Å². The zero-order chi connectivity index (χ0) is 23.0.